The molecule has 162 valence electrons. The third-order valence-electron chi connectivity index (χ3n) is 5.48. The fourth-order valence-electron chi connectivity index (χ4n) is 3.58. The molecule has 0 spiro atoms. The maximum Gasteiger partial charge on any atom is 0.243 e. The van der Waals surface area contributed by atoms with Crippen molar-refractivity contribution in [3.63, 3.8) is 0 Å². The number of thioether (sulfide) groups is 1. The van der Waals surface area contributed by atoms with Gasteiger partial charge in [0.15, 0.2) is 0 Å². The maximum absolute atomic E-state index is 12.9. The Labute approximate surface area is 184 Å². The molecule has 7 heteroatoms. The first kappa shape index (κ1) is 22.8. The molecular weight excluding hydrogens is 416 g/mol. The molecule has 1 amide bonds. The van der Waals surface area contributed by atoms with Crippen LogP contribution in [0.15, 0.2) is 53.4 Å². The standard InChI is InChI=1S/C23H30N2O3S2/c1-18-9-11-22(12-10-18)30(27,28)25-14-5-8-20(16-25)23(26)24-13-15-29-17-21-7-4-3-6-19(21)2/h3-4,6-7,9-12,20H,5,8,13-17H2,1-2H3,(H,24,26)/t20-/m1/s1. The molecule has 0 bridgehead atoms. The largest absolute Gasteiger partial charge is 0.355 e. The van der Waals surface area contributed by atoms with E-state index in [1.807, 2.05) is 19.1 Å². The lowest BCUT2D eigenvalue weighted by Gasteiger charge is -2.31. The highest BCUT2D eigenvalue weighted by Gasteiger charge is 2.33. The molecule has 0 saturated carbocycles. The number of benzene rings is 2. The summed E-state index contributed by atoms with van der Waals surface area (Å²) in [7, 11) is -3.56. The molecule has 1 saturated heterocycles. The van der Waals surface area contributed by atoms with Crippen LogP contribution in [-0.4, -0.2) is 44.0 Å². The van der Waals surface area contributed by atoms with Crippen LogP contribution in [0.25, 0.3) is 0 Å². The Morgan fingerprint density at radius 1 is 1.13 bits per heavy atom. The minimum atomic E-state index is -3.56. The predicted molar refractivity (Wildman–Crippen MR) is 123 cm³/mol. The molecule has 0 aromatic heterocycles. The zero-order valence-electron chi connectivity index (χ0n) is 17.6. The van der Waals surface area contributed by atoms with Crippen molar-refractivity contribution < 1.29 is 13.2 Å². The van der Waals surface area contributed by atoms with Crippen LogP contribution in [-0.2, 0) is 20.6 Å². The molecule has 1 fully saturated rings. The number of sulfonamides is 1. The van der Waals surface area contributed by atoms with Gasteiger partial charge in [0.2, 0.25) is 15.9 Å². The third-order valence-corrected chi connectivity index (χ3v) is 8.37. The van der Waals surface area contributed by atoms with Crippen LogP contribution in [0.4, 0.5) is 0 Å². The second-order valence-electron chi connectivity index (χ2n) is 7.79. The van der Waals surface area contributed by atoms with E-state index in [2.05, 4.69) is 24.4 Å². The Balaban J connectivity index is 1.47. The average molecular weight is 447 g/mol. The lowest BCUT2D eigenvalue weighted by atomic mass is 9.99. The summed E-state index contributed by atoms with van der Waals surface area (Å²) in [6, 6.07) is 15.2. The van der Waals surface area contributed by atoms with E-state index in [1.165, 1.54) is 15.4 Å². The van der Waals surface area contributed by atoms with Gasteiger partial charge >= 0.3 is 0 Å². The molecular formula is C23H30N2O3S2. The van der Waals surface area contributed by atoms with Crippen molar-refractivity contribution in [1.82, 2.24) is 9.62 Å². The van der Waals surface area contributed by atoms with Gasteiger partial charge < -0.3 is 5.32 Å². The zero-order chi connectivity index (χ0) is 21.6. The summed E-state index contributed by atoms with van der Waals surface area (Å²) in [5.41, 5.74) is 3.62. The van der Waals surface area contributed by atoms with Crippen molar-refractivity contribution in [2.24, 2.45) is 5.92 Å². The zero-order valence-corrected chi connectivity index (χ0v) is 19.3. The first-order chi connectivity index (χ1) is 14.4. The summed E-state index contributed by atoms with van der Waals surface area (Å²) in [6.07, 6.45) is 1.42. The summed E-state index contributed by atoms with van der Waals surface area (Å²) < 4.78 is 27.3. The number of carbonyl (C=O) groups is 1. The van der Waals surface area contributed by atoms with Crippen molar-refractivity contribution in [2.45, 2.75) is 37.3 Å². The van der Waals surface area contributed by atoms with Gasteiger partial charge in [0.05, 0.1) is 10.8 Å². The van der Waals surface area contributed by atoms with Gasteiger partial charge in [-0.15, -0.1) is 0 Å². The van der Waals surface area contributed by atoms with Crippen LogP contribution in [0.1, 0.15) is 29.5 Å². The van der Waals surface area contributed by atoms with Crippen LogP contribution < -0.4 is 5.32 Å². The van der Waals surface area contributed by atoms with Gasteiger partial charge in [-0.1, -0.05) is 42.0 Å². The highest BCUT2D eigenvalue weighted by molar-refractivity contribution is 7.98. The molecule has 0 aliphatic carbocycles. The van der Waals surface area contributed by atoms with Gasteiger partial charge in [0, 0.05) is 31.1 Å². The summed E-state index contributed by atoms with van der Waals surface area (Å²) >= 11 is 1.79. The monoisotopic (exact) mass is 446 g/mol. The Hall–Kier alpha value is -1.83. The predicted octanol–water partition coefficient (Wildman–Crippen LogP) is 3.75. The molecule has 2 aromatic rings. The molecule has 2 aromatic carbocycles. The van der Waals surface area contributed by atoms with Gasteiger partial charge in [-0.2, -0.15) is 16.1 Å². The molecule has 1 heterocycles. The number of carbonyl (C=O) groups excluding carboxylic acids is 1. The van der Waals surface area contributed by atoms with Crippen molar-refractivity contribution in [3.8, 4) is 0 Å². The lowest BCUT2D eigenvalue weighted by molar-refractivity contribution is -0.125. The van der Waals surface area contributed by atoms with Crippen LogP contribution in [0.2, 0.25) is 0 Å². The third kappa shape index (κ3) is 5.86. The molecule has 1 N–H and O–H groups in total. The highest BCUT2D eigenvalue weighted by Crippen LogP contribution is 2.24. The number of nitrogens with one attached hydrogen (secondary N) is 1. The van der Waals surface area contributed by atoms with Crippen LogP contribution in [0, 0.1) is 19.8 Å². The van der Waals surface area contributed by atoms with Crippen molar-refractivity contribution >= 4 is 27.7 Å². The normalized spacial score (nSPS) is 17.6. The Morgan fingerprint density at radius 3 is 2.60 bits per heavy atom. The fourth-order valence-corrected chi connectivity index (χ4v) is 6.04. The molecule has 1 aliphatic rings. The summed E-state index contributed by atoms with van der Waals surface area (Å²) in [5, 5.41) is 2.99. The second kappa shape index (κ2) is 10.5. The minimum Gasteiger partial charge on any atom is -0.355 e. The Bertz CT molecular complexity index is 959. The Morgan fingerprint density at radius 2 is 1.87 bits per heavy atom. The van der Waals surface area contributed by atoms with E-state index in [4.69, 9.17) is 0 Å². The quantitative estimate of drug-likeness (QED) is 0.627. The molecule has 5 nitrogen and oxygen atoms in total. The van der Waals surface area contributed by atoms with Gasteiger partial charge in [-0.05, 0) is 49.9 Å². The molecule has 1 atom stereocenters. The fraction of sp³-hybridized carbons (Fsp3) is 0.435. The van der Waals surface area contributed by atoms with E-state index in [0.717, 1.165) is 23.5 Å². The minimum absolute atomic E-state index is 0.0460. The van der Waals surface area contributed by atoms with Crippen LogP contribution in [0.3, 0.4) is 0 Å². The van der Waals surface area contributed by atoms with Crippen LogP contribution >= 0.6 is 11.8 Å². The second-order valence-corrected chi connectivity index (χ2v) is 10.8. The SMILES string of the molecule is Cc1ccc(S(=O)(=O)N2CCC[C@@H](C(=O)NCCSCc3ccccc3C)C2)cc1. The summed E-state index contributed by atoms with van der Waals surface area (Å²) in [5.74, 6) is 1.42. The van der Waals surface area contributed by atoms with Crippen molar-refractivity contribution in [1.29, 1.82) is 0 Å². The van der Waals surface area contributed by atoms with E-state index < -0.39 is 10.0 Å². The number of hydrogen-bond donors (Lipinski definition) is 1. The lowest BCUT2D eigenvalue weighted by Crippen LogP contribution is -2.45. The van der Waals surface area contributed by atoms with Crippen molar-refractivity contribution in [3.05, 3.63) is 65.2 Å². The number of amides is 1. The van der Waals surface area contributed by atoms with Crippen LogP contribution in [0.5, 0.6) is 0 Å². The van der Waals surface area contributed by atoms with E-state index in [1.54, 1.807) is 36.0 Å². The first-order valence-electron chi connectivity index (χ1n) is 10.3. The molecule has 0 unspecified atom stereocenters. The number of rotatable bonds is 8. The van der Waals surface area contributed by atoms with E-state index >= 15 is 0 Å². The topological polar surface area (TPSA) is 66.5 Å². The number of hydrogen-bond acceptors (Lipinski definition) is 4. The smallest absolute Gasteiger partial charge is 0.243 e. The highest BCUT2D eigenvalue weighted by atomic mass is 32.2. The summed E-state index contributed by atoms with van der Waals surface area (Å²) in [6.45, 7) is 5.34. The number of piperidine rings is 1. The van der Waals surface area contributed by atoms with Gasteiger partial charge in [-0.3, -0.25) is 4.79 Å². The van der Waals surface area contributed by atoms with E-state index in [9.17, 15) is 13.2 Å². The maximum atomic E-state index is 12.9. The molecule has 1 aliphatic heterocycles. The molecule has 30 heavy (non-hydrogen) atoms. The summed E-state index contributed by atoms with van der Waals surface area (Å²) in [4.78, 5) is 12.9. The molecule has 3 rings (SSSR count). The van der Waals surface area contributed by atoms with Gasteiger partial charge in [0.1, 0.15) is 0 Å². The van der Waals surface area contributed by atoms with E-state index in [-0.39, 0.29) is 18.4 Å². The number of nitrogens with zero attached hydrogens (tertiary/aromatic N) is 1. The average Bonchev–Trinajstić information content (AvgIpc) is 2.75. The van der Waals surface area contributed by atoms with Gasteiger partial charge in [-0.25, -0.2) is 8.42 Å². The van der Waals surface area contributed by atoms with Crippen molar-refractivity contribution in [2.75, 3.05) is 25.4 Å². The number of aryl methyl sites for hydroxylation is 2. The van der Waals surface area contributed by atoms with E-state index in [0.29, 0.717) is 24.4 Å². The first-order valence-corrected chi connectivity index (χ1v) is 12.9. The Kier molecular flexibility index (Phi) is 7.97. The molecule has 0 radical (unpaired) electrons. The van der Waals surface area contributed by atoms with Gasteiger partial charge in [0.25, 0.3) is 0 Å².